The first kappa shape index (κ1) is 23.6. The largest absolute Gasteiger partial charge is 0.391 e. The molecule has 1 rings (SSSR count). The van der Waals surface area contributed by atoms with Gasteiger partial charge in [0, 0.05) is 17.7 Å². The number of benzene rings is 1. The van der Waals surface area contributed by atoms with Crippen LogP contribution in [0.5, 0.6) is 0 Å². The van der Waals surface area contributed by atoms with E-state index in [0.717, 1.165) is 23.1 Å². The van der Waals surface area contributed by atoms with E-state index in [-0.39, 0.29) is 17.2 Å². The van der Waals surface area contributed by atoms with Crippen molar-refractivity contribution in [1.29, 1.82) is 0 Å². The number of nitro groups is 1. The van der Waals surface area contributed by atoms with Gasteiger partial charge in [-0.2, -0.15) is 0 Å². The first-order valence-electron chi connectivity index (χ1n) is 10.7. The average Bonchev–Trinajstić information content (AvgIpc) is 2.64. The fourth-order valence-electron chi connectivity index (χ4n) is 3.66. The predicted octanol–water partition coefficient (Wildman–Crippen LogP) is 5.45. The normalized spacial score (nSPS) is 13.4. The van der Waals surface area contributed by atoms with Crippen LogP contribution in [0.4, 0.5) is 5.69 Å². The topological polar surface area (TPSA) is 63.4 Å². The number of quaternary nitrogens is 1. The van der Waals surface area contributed by atoms with Gasteiger partial charge in [0.25, 0.3) is 5.69 Å². The number of rotatable bonds is 16. The summed E-state index contributed by atoms with van der Waals surface area (Å²) >= 11 is 0. The molecule has 1 aromatic carbocycles. The van der Waals surface area contributed by atoms with Gasteiger partial charge in [0.05, 0.1) is 25.1 Å². The number of non-ortho nitro benzene ring substituents is 1. The van der Waals surface area contributed by atoms with Gasteiger partial charge in [-0.15, -0.1) is 0 Å². The Morgan fingerprint density at radius 1 is 0.889 bits per heavy atom. The lowest BCUT2D eigenvalue weighted by atomic mass is 10.1. The summed E-state index contributed by atoms with van der Waals surface area (Å²) in [5, 5.41) is 20.2. The molecule has 0 aliphatic rings. The standard InChI is InChI=1S/C22H39N2O3/c1-3-4-5-6-7-8-9-10-11-12-17-24(2,18-19-25)20-21-13-15-22(16-14-21)23(26)27/h13-16,25H,3-12,17-20H2,1-2H3/q+1. The number of hydrogen-bond donors (Lipinski definition) is 1. The summed E-state index contributed by atoms with van der Waals surface area (Å²) in [6.07, 6.45) is 13.2. The lowest BCUT2D eigenvalue weighted by Gasteiger charge is -2.34. The maximum Gasteiger partial charge on any atom is 0.269 e. The number of likely N-dealkylation sites (N-methyl/N-ethyl adjacent to an activating group) is 1. The van der Waals surface area contributed by atoms with E-state index in [1.54, 1.807) is 12.1 Å². The highest BCUT2D eigenvalue weighted by Crippen LogP contribution is 2.18. The van der Waals surface area contributed by atoms with Crippen LogP contribution in [0, 0.1) is 10.1 Å². The third-order valence-corrected chi connectivity index (χ3v) is 5.40. The second-order valence-corrected chi connectivity index (χ2v) is 8.05. The zero-order valence-corrected chi connectivity index (χ0v) is 17.4. The molecule has 0 saturated carbocycles. The Hall–Kier alpha value is -1.46. The number of aliphatic hydroxyl groups is 1. The maximum absolute atomic E-state index is 10.8. The molecule has 0 fully saturated rings. The highest BCUT2D eigenvalue weighted by molar-refractivity contribution is 5.32. The van der Waals surface area contributed by atoms with Crippen LogP contribution < -0.4 is 0 Å². The van der Waals surface area contributed by atoms with E-state index < -0.39 is 0 Å². The Balaban J connectivity index is 2.29. The monoisotopic (exact) mass is 379 g/mol. The molecule has 0 radical (unpaired) electrons. The van der Waals surface area contributed by atoms with Crippen molar-refractivity contribution in [2.75, 3.05) is 26.7 Å². The summed E-state index contributed by atoms with van der Waals surface area (Å²) in [7, 11) is 2.17. The molecular formula is C22H39N2O3+. The highest BCUT2D eigenvalue weighted by Gasteiger charge is 2.21. The molecule has 1 unspecified atom stereocenters. The molecule has 0 spiro atoms. The van der Waals surface area contributed by atoms with Gasteiger partial charge in [-0.05, 0) is 25.0 Å². The van der Waals surface area contributed by atoms with E-state index in [1.165, 1.54) is 64.2 Å². The number of nitro benzene ring substituents is 1. The Labute approximate surface area is 165 Å². The minimum atomic E-state index is -0.366. The van der Waals surface area contributed by atoms with Gasteiger partial charge in [0.1, 0.15) is 13.1 Å². The fraction of sp³-hybridized carbons (Fsp3) is 0.727. The Kier molecular flexibility index (Phi) is 11.9. The van der Waals surface area contributed by atoms with Crippen LogP contribution in [0.2, 0.25) is 0 Å². The zero-order valence-electron chi connectivity index (χ0n) is 17.4. The first-order chi connectivity index (χ1) is 13.0. The molecule has 0 bridgehead atoms. The molecule has 0 aromatic heterocycles. The summed E-state index contributed by atoms with van der Waals surface area (Å²) in [4.78, 5) is 10.4. The van der Waals surface area contributed by atoms with Crippen LogP contribution in [-0.2, 0) is 6.54 Å². The van der Waals surface area contributed by atoms with Crippen LogP contribution in [0.1, 0.15) is 76.7 Å². The molecule has 0 saturated heterocycles. The maximum atomic E-state index is 10.8. The Morgan fingerprint density at radius 3 is 1.89 bits per heavy atom. The third kappa shape index (κ3) is 10.5. The minimum Gasteiger partial charge on any atom is -0.391 e. The van der Waals surface area contributed by atoms with E-state index in [9.17, 15) is 15.2 Å². The number of hydrogen-bond acceptors (Lipinski definition) is 3. The van der Waals surface area contributed by atoms with Crippen LogP contribution in [-0.4, -0.2) is 41.3 Å². The van der Waals surface area contributed by atoms with Gasteiger partial charge in [-0.25, -0.2) is 0 Å². The zero-order chi connectivity index (χ0) is 20.0. The van der Waals surface area contributed by atoms with E-state index in [4.69, 9.17) is 0 Å². The first-order valence-corrected chi connectivity index (χ1v) is 10.7. The van der Waals surface area contributed by atoms with E-state index in [0.29, 0.717) is 6.54 Å². The molecule has 5 nitrogen and oxygen atoms in total. The average molecular weight is 380 g/mol. The van der Waals surface area contributed by atoms with E-state index >= 15 is 0 Å². The molecule has 5 heteroatoms. The molecule has 1 N–H and O–H groups in total. The summed E-state index contributed by atoms with van der Waals surface area (Å²) in [6.45, 7) is 4.98. The van der Waals surface area contributed by atoms with Crippen LogP contribution in [0.3, 0.4) is 0 Å². The summed E-state index contributed by atoms with van der Waals surface area (Å²) in [5.74, 6) is 0. The van der Waals surface area contributed by atoms with Gasteiger partial charge in [-0.3, -0.25) is 10.1 Å². The molecule has 154 valence electrons. The van der Waals surface area contributed by atoms with Gasteiger partial charge in [0.2, 0.25) is 0 Å². The molecule has 27 heavy (non-hydrogen) atoms. The molecule has 1 atom stereocenters. The molecule has 0 amide bonds. The van der Waals surface area contributed by atoms with Crippen molar-refractivity contribution in [2.24, 2.45) is 0 Å². The van der Waals surface area contributed by atoms with Crippen molar-refractivity contribution in [3.8, 4) is 0 Å². The molecule has 0 aliphatic carbocycles. The number of aliphatic hydroxyl groups excluding tert-OH is 1. The molecule has 0 heterocycles. The SMILES string of the molecule is CCCCCCCCCCCC[N+](C)(CCO)Cc1ccc([N+](=O)[O-])cc1. The van der Waals surface area contributed by atoms with Crippen molar-refractivity contribution in [1.82, 2.24) is 0 Å². The van der Waals surface area contributed by atoms with Gasteiger partial charge in [-0.1, -0.05) is 58.3 Å². The summed E-state index contributed by atoms with van der Waals surface area (Å²) in [5.41, 5.74) is 1.22. The highest BCUT2D eigenvalue weighted by atomic mass is 16.6. The van der Waals surface area contributed by atoms with Crippen molar-refractivity contribution < 1.29 is 14.5 Å². The van der Waals surface area contributed by atoms with Crippen LogP contribution in [0.25, 0.3) is 0 Å². The summed E-state index contributed by atoms with van der Waals surface area (Å²) < 4.78 is 0.783. The lowest BCUT2D eigenvalue weighted by molar-refractivity contribution is -0.923. The van der Waals surface area contributed by atoms with Gasteiger partial charge >= 0.3 is 0 Å². The van der Waals surface area contributed by atoms with E-state index in [2.05, 4.69) is 14.0 Å². The Morgan fingerprint density at radius 2 is 1.41 bits per heavy atom. The van der Waals surface area contributed by atoms with Crippen molar-refractivity contribution in [3.63, 3.8) is 0 Å². The second kappa shape index (κ2) is 13.7. The van der Waals surface area contributed by atoms with Crippen molar-refractivity contribution >= 4 is 5.69 Å². The van der Waals surface area contributed by atoms with E-state index in [1.807, 2.05) is 12.1 Å². The smallest absolute Gasteiger partial charge is 0.269 e. The fourth-order valence-corrected chi connectivity index (χ4v) is 3.66. The van der Waals surface area contributed by atoms with Crippen molar-refractivity contribution in [2.45, 2.75) is 77.7 Å². The van der Waals surface area contributed by atoms with Gasteiger partial charge < -0.3 is 9.59 Å². The molecule has 0 aliphatic heterocycles. The van der Waals surface area contributed by atoms with Crippen LogP contribution in [0.15, 0.2) is 24.3 Å². The third-order valence-electron chi connectivity index (χ3n) is 5.40. The van der Waals surface area contributed by atoms with Gasteiger partial charge in [0.15, 0.2) is 0 Å². The number of unbranched alkanes of at least 4 members (excludes halogenated alkanes) is 9. The predicted molar refractivity (Wildman–Crippen MR) is 112 cm³/mol. The minimum absolute atomic E-state index is 0.129. The molecular weight excluding hydrogens is 340 g/mol. The Bertz CT molecular complexity index is 519. The van der Waals surface area contributed by atoms with Crippen LogP contribution >= 0.6 is 0 Å². The number of nitrogens with zero attached hydrogens (tertiary/aromatic N) is 2. The summed E-state index contributed by atoms with van der Waals surface area (Å²) in [6, 6.07) is 6.81. The molecule has 1 aromatic rings. The lowest BCUT2D eigenvalue weighted by Crippen LogP contribution is -2.46. The second-order valence-electron chi connectivity index (χ2n) is 8.05. The quantitative estimate of drug-likeness (QED) is 0.180. The van der Waals surface area contributed by atoms with Crippen molar-refractivity contribution in [3.05, 3.63) is 39.9 Å².